The molecule has 1 atom stereocenters. The molecule has 0 aromatic carbocycles. The Balaban J connectivity index is 1.68. The van der Waals surface area contributed by atoms with Crippen LogP contribution in [0.1, 0.15) is 43.5 Å². The topological polar surface area (TPSA) is 48.4 Å². The number of aliphatic hydroxyl groups excluding tert-OH is 1. The number of hydrogen-bond donors (Lipinski definition) is 2. The van der Waals surface area contributed by atoms with E-state index in [1.54, 1.807) is 11.3 Å². The molecule has 114 valence electrons. The van der Waals surface area contributed by atoms with Crippen LogP contribution in [0.5, 0.6) is 0 Å². The first kappa shape index (κ1) is 15.9. The summed E-state index contributed by atoms with van der Waals surface area (Å²) in [5.74, 6) is 0. The number of thiazole rings is 1. The number of aliphatic hydroxyl groups is 1. The molecule has 5 heteroatoms. The first-order chi connectivity index (χ1) is 9.45. The zero-order valence-electron chi connectivity index (χ0n) is 12.9. The second kappa shape index (κ2) is 6.98. The Bertz CT molecular complexity index is 407. The number of likely N-dealkylation sites (tertiary alicyclic amines) is 1. The van der Waals surface area contributed by atoms with Crippen LogP contribution in [-0.4, -0.2) is 47.3 Å². The van der Waals surface area contributed by atoms with Gasteiger partial charge < -0.3 is 15.3 Å². The molecule has 2 rings (SSSR count). The van der Waals surface area contributed by atoms with E-state index in [2.05, 4.69) is 36.0 Å². The third-order valence-corrected chi connectivity index (χ3v) is 4.97. The van der Waals surface area contributed by atoms with Gasteiger partial charge in [0.2, 0.25) is 0 Å². The fourth-order valence-corrected chi connectivity index (χ4v) is 3.37. The van der Waals surface area contributed by atoms with Crippen molar-refractivity contribution in [3.63, 3.8) is 0 Å². The van der Waals surface area contributed by atoms with E-state index in [1.807, 2.05) is 6.20 Å². The quantitative estimate of drug-likeness (QED) is 0.843. The van der Waals surface area contributed by atoms with Crippen molar-refractivity contribution in [2.45, 2.75) is 51.7 Å². The van der Waals surface area contributed by atoms with Crippen LogP contribution in [0.2, 0.25) is 0 Å². The van der Waals surface area contributed by atoms with Crippen molar-refractivity contribution in [3.8, 4) is 0 Å². The van der Waals surface area contributed by atoms with Crippen molar-refractivity contribution in [2.24, 2.45) is 0 Å². The van der Waals surface area contributed by atoms with Gasteiger partial charge in [-0.2, -0.15) is 0 Å². The molecule has 0 saturated carbocycles. The molecule has 0 amide bonds. The summed E-state index contributed by atoms with van der Waals surface area (Å²) in [4.78, 5) is 8.06. The van der Waals surface area contributed by atoms with Crippen LogP contribution < -0.4 is 5.32 Å². The molecule has 1 aliphatic heterocycles. The van der Waals surface area contributed by atoms with E-state index in [4.69, 9.17) is 0 Å². The van der Waals surface area contributed by atoms with E-state index in [0.29, 0.717) is 6.54 Å². The van der Waals surface area contributed by atoms with E-state index in [1.165, 1.54) is 22.7 Å². The number of hydrogen-bond acceptors (Lipinski definition) is 5. The van der Waals surface area contributed by atoms with Crippen molar-refractivity contribution >= 4 is 11.3 Å². The lowest BCUT2D eigenvalue weighted by molar-refractivity contribution is 0.123. The number of nitrogens with zero attached hydrogens (tertiary/aromatic N) is 2. The van der Waals surface area contributed by atoms with Gasteiger partial charge in [-0.3, -0.25) is 0 Å². The maximum absolute atomic E-state index is 10.0. The molecule has 4 nitrogen and oxygen atoms in total. The van der Waals surface area contributed by atoms with Crippen LogP contribution in [0.15, 0.2) is 6.20 Å². The van der Waals surface area contributed by atoms with Crippen LogP contribution in [0.3, 0.4) is 0 Å². The fourth-order valence-electron chi connectivity index (χ4n) is 2.43. The molecule has 0 radical (unpaired) electrons. The molecule has 1 fully saturated rings. The zero-order valence-corrected chi connectivity index (χ0v) is 13.7. The Morgan fingerprint density at radius 2 is 2.10 bits per heavy atom. The minimum atomic E-state index is -0.275. The van der Waals surface area contributed by atoms with Crippen LogP contribution in [-0.2, 0) is 12.0 Å². The lowest BCUT2D eigenvalue weighted by atomic mass is 9.98. The third-order valence-electron chi connectivity index (χ3n) is 3.54. The lowest BCUT2D eigenvalue weighted by Crippen LogP contribution is -2.36. The highest BCUT2D eigenvalue weighted by Gasteiger charge is 2.18. The van der Waals surface area contributed by atoms with Crippen LogP contribution in [0, 0.1) is 0 Å². The lowest BCUT2D eigenvalue weighted by Gasteiger charge is -2.19. The van der Waals surface area contributed by atoms with Crippen LogP contribution >= 0.6 is 11.3 Å². The van der Waals surface area contributed by atoms with Crippen LogP contribution in [0.25, 0.3) is 0 Å². The van der Waals surface area contributed by atoms with E-state index in [9.17, 15) is 5.11 Å². The highest BCUT2D eigenvalue weighted by molar-refractivity contribution is 7.11. The molecule has 2 heterocycles. The molecular weight excluding hydrogens is 270 g/mol. The highest BCUT2D eigenvalue weighted by atomic mass is 32.1. The van der Waals surface area contributed by atoms with E-state index in [0.717, 1.165) is 26.2 Å². The van der Waals surface area contributed by atoms with Crippen molar-refractivity contribution in [1.29, 1.82) is 0 Å². The SMILES string of the molecule is CC(C)(C)c1ncc(CNCC(O)CN2CCCC2)s1. The summed E-state index contributed by atoms with van der Waals surface area (Å²) in [6, 6.07) is 0. The molecule has 1 aromatic rings. The summed E-state index contributed by atoms with van der Waals surface area (Å²) in [6.07, 6.45) is 4.22. The van der Waals surface area contributed by atoms with Gasteiger partial charge in [0.05, 0.1) is 11.1 Å². The largest absolute Gasteiger partial charge is 0.390 e. The summed E-state index contributed by atoms with van der Waals surface area (Å²) in [5, 5.41) is 14.5. The smallest absolute Gasteiger partial charge is 0.0981 e. The third kappa shape index (κ3) is 4.81. The summed E-state index contributed by atoms with van der Waals surface area (Å²) in [6.45, 7) is 11.1. The number of β-amino-alcohol motifs (C(OH)–C–C–N with tert-alkyl or cyclic N) is 1. The average Bonchev–Trinajstić information content (AvgIpc) is 2.98. The molecule has 1 saturated heterocycles. The van der Waals surface area contributed by atoms with Gasteiger partial charge in [0.1, 0.15) is 0 Å². The molecule has 2 N–H and O–H groups in total. The number of rotatable bonds is 6. The number of nitrogens with one attached hydrogen (secondary N) is 1. The molecule has 1 aliphatic rings. The van der Waals surface area contributed by atoms with Crippen molar-refractivity contribution in [3.05, 3.63) is 16.1 Å². The summed E-state index contributed by atoms with van der Waals surface area (Å²) < 4.78 is 0. The van der Waals surface area contributed by atoms with Gasteiger partial charge in [-0.05, 0) is 25.9 Å². The minimum absolute atomic E-state index is 0.123. The summed E-state index contributed by atoms with van der Waals surface area (Å²) in [5.41, 5.74) is 0.123. The molecular formula is C15H27N3OS. The first-order valence-corrected chi connectivity index (χ1v) is 8.33. The van der Waals surface area contributed by atoms with Crippen molar-refractivity contribution in [2.75, 3.05) is 26.2 Å². The molecule has 1 aromatic heterocycles. The average molecular weight is 297 g/mol. The monoisotopic (exact) mass is 297 g/mol. The highest BCUT2D eigenvalue weighted by Crippen LogP contribution is 2.26. The van der Waals surface area contributed by atoms with E-state index < -0.39 is 0 Å². The molecule has 1 unspecified atom stereocenters. The van der Waals surface area contributed by atoms with E-state index in [-0.39, 0.29) is 11.5 Å². The number of aromatic nitrogens is 1. The predicted molar refractivity (Wildman–Crippen MR) is 84.2 cm³/mol. The van der Waals surface area contributed by atoms with Gasteiger partial charge in [-0.1, -0.05) is 20.8 Å². The van der Waals surface area contributed by atoms with Gasteiger partial charge in [0.15, 0.2) is 0 Å². The molecule has 20 heavy (non-hydrogen) atoms. The predicted octanol–water partition coefficient (Wildman–Crippen LogP) is 1.99. The zero-order chi connectivity index (χ0) is 14.6. The summed E-state index contributed by atoms with van der Waals surface area (Å²) >= 11 is 1.76. The Labute approximate surface area is 126 Å². The van der Waals surface area contributed by atoms with Crippen molar-refractivity contribution in [1.82, 2.24) is 15.2 Å². The fraction of sp³-hybridized carbons (Fsp3) is 0.800. The van der Waals surface area contributed by atoms with Gasteiger partial charge in [0, 0.05) is 36.1 Å². The Morgan fingerprint density at radius 1 is 1.40 bits per heavy atom. The van der Waals surface area contributed by atoms with E-state index >= 15 is 0 Å². The standard InChI is InChI=1S/C15H27N3OS/c1-15(2,3)14-17-10-13(20-14)9-16-8-12(19)11-18-6-4-5-7-18/h10,12,16,19H,4-9,11H2,1-3H3. The second-order valence-electron chi connectivity index (χ2n) is 6.67. The minimum Gasteiger partial charge on any atom is -0.390 e. The Hall–Kier alpha value is -0.490. The molecule has 0 aliphatic carbocycles. The van der Waals surface area contributed by atoms with Crippen molar-refractivity contribution < 1.29 is 5.11 Å². The normalized spacial score (nSPS) is 18.6. The molecule has 0 spiro atoms. The molecule has 0 bridgehead atoms. The van der Waals surface area contributed by atoms with Gasteiger partial charge in [0.25, 0.3) is 0 Å². The van der Waals surface area contributed by atoms with Gasteiger partial charge in [-0.25, -0.2) is 4.98 Å². The Morgan fingerprint density at radius 3 is 2.70 bits per heavy atom. The van der Waals surface area contributed by atoms with Gasteiger partial charge in [-0.15, -0.1) is 11.3 Å². The van der Waals surface area contributed by atoms with Gasteiger partial charge >= 0.3 is 0 Å². The Kier molecular flexibility index (Phi) is 5.55. The maximum atomic E-state index is 10.0. The maximum Gasteiger partial charge on any atom is 0.0981 e. The summed E-state index contributed by atoms with van der Waals surface area (Å²) in [7, 11) is 0. The first-order valence-electron chi connectivity index (χ1n) is 7.51. The van der Waals surface area contributed by atoms with Crippen LogP contribution in [0.4, 0.5) is 0 Å². The second-order valence-corrected chi connectivity index (χ2v) is 7.79.